The summed E-state index contributed by atoms with van der Waals surface area (Å²) in [7, 11) is 2.08. The van der Waals surface area contributed by atoms with E-state index in [0.717, 1.165) is 12.0 Å². The minimum atomic E-state index is 0.775. The predicted octanol–water partition coefficient (Wildman–Crippen LogP) is 2.34. The molecule has 0 spiro atoms. The normalized spacial score (nSPS) is 27.8. The summed E-state index contributed by atoms with van der Waals surface area (Å²) in [6, 6.07) is 2.97. The molecule has 2 rings (SSSR count). The van der Waals surface area contributed by atoms with Crippen LogP contribution in [0, 0.1) is 5.92 Å². The number of nitrogens with one attached hydrogen (secondary N) is 2. The zero-order valence-corrected chi connectivity index (χ0v) is 8.92. The average molecular weight is 192 g/mol. The summed E-state index contributed by atoms with van der Waals surface area (Å²) in [5.74, 6) is 0.912. The molecule has 1 aliphatic rings. The van der Waals surface area contributed by atoms with Gasteiger partial charge in [-0.2, -0.15) is 0 Å². The standard InChI is InChI=1S/C12H20N2/c1-13-12-4-2-10(3-5-12)8-11-6-7-14-9-11/h6-7,9-10,12-14H,2-5,8H2,1H3. The molecular formula is C12H20N2. The maximum atomic E-state index is 3.38. The monoisotopic (exact) mass is 192 g/mol. The third kappa shape index (κ3) is 2.38. The molecular weight excluding hydrogens is 172 g/mol. The van der Waals surface area contributed by atoms with E-state index in [1.54, 1.807) is 0 Å². The van der Waals surface area contributed by atoms with Crippen molar-refractivity contribution in [2.75, 3.05) is 7.05 Å². The van der Waals surface area contributed by atoms with Gasteiger partial charge in [0, 0.05) is 18.4 Å². The van der Waals surface area contributed by atoms with Crippen LogP contribution in [0.15, 0.2) is 18.5 Å². The highest BCUT2D eigenvalue weighted by molar-refractivity contribution is 5.09. The summed E-state index contributed by atoms with van der Waals surface area (Å²) in [6.07, 6.45) is 10.9. The van der Waals surface area contributed by atoms with Crippen LogP contribution in [0.25, 0.3) is 0 Å². The zero-order valence-electron chi connectivity index (χ0n) is 8.92. The fraction of sp³-hybridized carbons (Fsp3) is 0.667. The first kappa shape index (κ1) is 9.78. The third-order valence-electron chi connectivity index (χ3n) is 3.44. The third-order valence-corrected chi connectivity index (χ3v) is 3.44. The molecule has 78 valence electrons. The van der Waals surface area contributed by atoms with Crippen molar-refractivity contribution in [2.45, 2.75) is 38.1 Å². The maximum Gasteiger partial charge on any atom is 0.00642 e. The molecule has 1 aromatic rings. The van der Waals surface area contributed by atoms with Crippen LogP contribution in [0.4, 0.5) is 0 Å². The fourth-order valence-corrected chi connectivity index (χ4v) is 2.47. The molecule has 1 heterocycles. The number of aromatic amines is 1. The summed E-state index contributed by atoms with van der Waals surface area (Å²) in [4.78, 5) is 3.13. The number of hydrogen-bond donors (Lipinski definition) is 2. The molecule has 0 saturated heterocycles. The van der Waals surface area contributed by atoms with Gasteiger partial charge in [-0.1, -0.05) is 0 Å². The molecule has 1 fully saturated rings. The zero-order chi connectivity index (χ0) is 9.80. The molecule has 0 unspecified atom stereocenters. The molecule has 0 aliphatic heterocycles. The van der Waals surface area contributed by atoms with Gasteiger partial charge in [0.25, 0.3) is 0 Å². The van der Waals surface area contributed by atoms with Crippen molar-refractivity contribution in [3.05, 3.63) is 24.0 Å². The smallest absolute Gasteiger partial charge is 0.00642 e. The molecule has 0 atom stereocenters. The van der Waals surface area contributed by atoms with Crippen molar-refractivity contribution in [1.82, 2.24) is 10.3 Å². The van der Waals surface area contributed by atoms with E-state index in [1.165, 1.54) is 37.7 Å². The van der Waals surface area contributed by atoms with Gasteiger partial charge in [-0.15, -0.1) is 0 Å². The second-order valence-electron chi connectivity index (χ2n) is 4.43. The van der Waals surface area contributed by atoms with Gasteiger partial charge >= 0.3 is 0 Å². The van der Waals surface area contributed by atoms with E-state index in [-0.39, 0.29) is 0 Å². The van der Waals surface area contributed by atoms with Gasteiger partial charge in [-0.05, 0) is 56.7 Å². The average Bonchev–Trinajstić information content (AvgIpc) is 2.72. The minimum absolute atomic E-state index is 0.775. The first-order valence-corrected chi connectivity index (χ1v) is 5.67. The number of aromatic nitrogens is 1. The number of H-pyrrole nitrogens is 1. The summed E-state index contributed by atoms with van der Waals surface area (Å²) in [6.45, 7) is 0. The van der Waals surface area contributed by atoms with Gasteiger partial charge in [-0.3, -0.25) is 0 Å². The Balaban J connectivity index is 1.79. The lowest BCUT2D eigenvalue weighted by Gasteiger charge is -2.27. The fourth-order valence-electron chi connectivity index (χ4n) is 2.47. The highest BCUT2D eigenvalue weighted by Gasteiger charge is 2.19. The van der Waals surface area contributed by atoms with E-state index >= 15 is 0 Å². The number of hydrogen-bond acceptors (Lipinski definition) is 1. The molecule has 0 bridgehead atoms. The molecule has 0 aromatic carbocycles. The van der Waals surface area contributed by atoms with Crippen LogP contribution < -0.4 is 5.32 Å². The van der Waals surface area contributed by atoms with E-state index in [2.05, 4.69) is 29.6 Å². The van der Waals surface area contributed by atoms with E-state index in [9.17, 15) is 0 Å². The Morgan fingerprint density at radius 2 is 2.14 bits per heavy atom. The first-order chi connectivity index (χ1) is 6.88. The Hall–Kier alpha value is -0.760. The van der Waals surface area contributed by atoms with E-state index in [1.807, 2.05) is 6.20 Å². The van der Waals surface area contributed by atoms with E-state index in [4.69, 9.17) is 0 Å². The van der Waals surface area contributed by atoms with E-state index < -0.39 is 0 Å². The van der Waals surface area contributed by atoms with Crippen molar-refractivity contribution in [3.8, 4) is 0 Å². The molecule has 1 aromatic heterocycles. The van der Waals surface area contributed by atoms with Crippen LogP contribution in [-0.2, 0) is 6.42 Å². The number of rotatable bonds is 3. The maximum absolute atomic E-state index is 3.38. The molecule has 0 amide bonds. The molecule has 2 nitrogen and oxygen atoms in total. The Labute approximate surface area is 86.1 Å². The van der Waals surface area contributed by atoms with Gasteiger partial charge in [0.05, 0.1) is 0 Å². The van der Waals surface area contributed by atoms with Crippen molar-refractivity contribution >= 4 is 0 Å². The molecule has 2 N–H and O–H groups in total. The van der Waals surface area contributed by atoms with Crippen LogP contribution in [0.3, 0.4) is 0 Å². The van der Waals surface area contributed by atoms with Crippen molar-refractivity contribution in [1.29, 1.82) is 0 Å². The highest BCUT2D eigenvalue weighted by atomic mass is 14.9. The Bertz CT molecular complexity index is 245. The largest absolute Gasteiger partial charge is 0.367 e. The minimum Gasteiger partial charge on any atom is -0.367 e. The lowest BCUT2D eigenvalue weighted by atomic mass is 9.83. The van der Waals surface area contributed by atoms with Crippen LogP contribution >= 0.6 is 0 Å². The van der Waals surface area contributed by atoms with Gasteiger partial charge < -0.3 is 10.3 Å². The molecule has 14 heavy (non-hydrogen) atoms. The van der Waals surface area contributed by atoms with Crippen LogP contribution in [0.1, 0.15) is 31.2 Å². The van der Waals surface area contributed by atoms with Gasteiger partial charge in [0.1, 0.15) is 0 Å². The second kappa shape index (κ2) is 4.65. The topological polar surface area (TPSA) is 27.8 Å². The van der Waals surface area contributed by atoms with Gasteiger partial charge in [0.2, 0.25) is 0 Å². The van der Waals surface area contributed by atoms with Crippen molar-refractivity contribution < 1.29 is 0 Å². The van der Waals surface area contributed by atoms with Crippen LogP contribution in [-0.4, -0.2) is 18.1 Å². The van der Waals surface area contributed by atoms with Crippen molar-refractivity contribution in [3.63, 3.8) is 0 Å². The predicted molar refractivity (Wildman–Crippen MR) is 59.3 cm³/mol. The lowest BCUT2D eigenvalue weighted by Crippen LogP contribution is -2.30. The second-order valence-corrected chi connectivity index (χ2v) is 4.43. The SMILES string of the molecule is CNC1CCC(Cc2cc[nH]c2)CC1. The Morgan fingerprint density at radius 1 is 1.36 bits per heavy atom. The van der Waals surface area contributed by atoms with E-state index in [0.29, 0.717) is 0 Å². The quantitative estimate of drug-likeness (QED) is 0.756. The molecule has 1 saturated carbocycles. The van der Waals surface area contributed by atoms with Gasteiger partial charge in [0.15, 0.2) is 0 Å². The summed E-state index contributed by atoms with van der Waals surface area (Å²) >= 11 is 0. The summed E-state index contributed by atoms with van der Waals surface area (Å²) in [5.41, 5.74) is 1.47. The Morgan fingerprint density at radius 3 is 2.71 bits per heavy atom. The summed E-state index contributed by atoms with van der Waals surface area (Å²) in [5, 5.41) is 3.38. The molecule has 0 radical (unpaired) electrons. The van der Waals surface area contributed by atoms with Gasteiger partial charge in [-0.25, -0.2) is 0 Å². The van der Waals surface area contributed by atoms with Crippen LogP contribution in [0.5, 0.6) is 0 Å². The van der Waals surface area contributed by atoms with Crippen molar-refractivity contribution in [2.24, 2.45) is 5.92 Å². The Kier molecular flexibility index (Phi) is 3.25. The molecule has 1 aliphatic carbocycles. The molecule has 2 heteroatoms. The lowest BCUT2D eigenvalue weighted by molar-refractivity contribution is 0.300. The van der Waals surface area contributed by atoms with Crippen LogP contribution in [0.2, 0.25) is 0 Å². The highest BCUT2D eigenvalue weighted by Crippen LogP contribution is 2.26. The summed E-state index contributed by atoms with van der Waals surface area (Å²) < 4.78 is 0. The first-order valence-electron chi connectivity index (χ1n) is 5.67.